The van der Waals surface area contributed by atoms with Gasteiger partial charge in [0.25, 0.3) is 0 Å². The fourth-order valence-electron chi connectivity index (χ4n) is 1.56. The topological polar surface area (TPSA) is 84.9 Å². The number of alkyl carbamates (subject to hydrolysis) is 1. The van der Waals surface area contributed by atoms with Crippen molar-refractivity contribution in [1.82, 2.24) is 5.32 Å². The molecule has 1 atom stereocenters. The summed E-state index contributed by atoms with van der Waals surface area (Å²) < 4.78 is 7.90. The molecular weight excluding hydrogens is 357 g/mol. The number of ether oxygens (including phenoxy) is 2. The summed E-state index contributed by atoms with van der Waals surface area (Å²) in [5.74, 6) is -0.723. The normalized spacial score (nSPS) is 13.9. The van der Waals surface area contributed by atoms with Crippen molar-refractivity contribution in [2.45, 2.75) is 16.3 Å². The number of carbonyl (C=O) groups is 2. The smallest absolute Gasteiger partial charge is 0.408 e. The minimum absolute atomic E-state index is 0.326. The second-order valence-electron chi connectivity index (χ2n) is 4.47. The minimum Gasteiger partial charge on any atom is -0.497 e. The average molecular weight is 371 g/mol. The van der Waals surface area contributed by atoms with Crippen LogP contribution in [0.3, 0.4) is 0 Å². The first-order valence-electron chi connectivity index (χ1n) is 5.98. The highest BCUT2D eigenvalue weighted by atomic mass is 35.6. The molecule has 0 aliphatic carbocycles. The summed E-state index contributed by atoms with van der Waals surface area (Å²) in [6, 6.07) is 6.18. The number of carboxylic acids is 1. The number of amides is 1. The molecule has 1 aromatic rings. The van der Waals surface area contributed by atoms with Crippen LogP contribution in [0.1, 0.15) is 12.5 Å². The Hall–Kier alpha value is -1.37. The van der Waals surface area contributed by atoms with Crippen LogP contribution >= 0.6 is 34.8 Å². The van der Waals surface area contributed by atoms with Gasteiger partial charge in [-0.3, -0.25) is 0 Å². The van der Waals surface area contributed by atoms with E-state index >= 15 is 0 Å². The molecule has 0 heterocycles. The Labute approximate surface area is 142 Å². The summed E-state index contributed by atoms with van der Waals surface area (Å²) in [4.78, 5) is 23.2. The molecule has 0 unspecified atom stereocenters. The SMILES string of the molecule is COc1ccc([C@](C)(NC(=O)OCC(Cl)(Cl)Cl)C(=O)O)cc1. The molecule has 122 valence electrons. The Bertz CT molecular complexity index is 544. The zero-order chi connectivity index (χ0) is 17.0. The van der Waals surface area contributed by atoms with Gasteiger partial charge >= 0.3 is 12.1 Å². The van der Waals surface area contributed by atoms with Crippen molar-refractivity contribution in [3.05, 3.63) is 29.8 Å². The van der Waals surface area contributed by atoms with Crippen LogP contribution in [0.4, 0.5) is 4.79 Å². The monoisotopic (exact) mass is 369 g/mol. The van der Waals surface area contributed by atoms with Crippen molar-refractivity contribution >= 4 is 46.9 Å². The van der Waals surface area contributed by atoms with Crippen molar-refractivity contribution in [2.24, 2.45) is 0 Å². The van der Waals surface area contributed by atoms with Crippen molar-refractivity contribution in [2.75, 3.05) is 13.7 Å². The summed E-state index contributed by atoms with van der Waals surface area (Å²) in [5, 5.41) is 11.7. The quantitative estimate of drug-likeness (QED) is 0.778. The summed E-state index contributed by atoms with van der Waals surface area (Å²) in [7, 11) is 1.48. The summed E-state index contributed by atoms with van der Waals surface area (Å²) in [6.45, 7) is 0.801. The predicted molar refractivity (Wildman–Crippen MR) is 82.8 cm³/mol. The van der Waals surface area contributed by atoms with E-state index < -0.39 is 28.0 Å². The lowest BCUT2D eigenvalue weighted by Crippen LogP contribution is -2.50. The molecule has 2 N–H and O–H groups in total. The van der Waals surface area contributed by atoms with Gasteiger partial charge in [-0.05, 0) is 24.6 Å². The molecule has 1 amide bonds. The van der Waals surface area contributed by atoms with Gasteiger partial charge in [-0.2, -0.15) is 0 Å². The van der Waals surface area contributed by atoms with Gasteiger partial charge < -0.3 is 19.9 Å². The van der Waals surface area contributed by atoms with Gasteiger partial charge in [-0.15, -0.1) is 0 Å². The Morgan fingerprint density at radius 3 is 2.18 bits per heavy atom. The van der Waals surface area contributed by atoms with E-state index in [1.807, 2.05) is 0 Å². The van der Waals surface area contributed by atoms with Gasteiger partial charge in [-0.1, -0.05) is 46.9 Å². The van der Waals surface area contributed by atoms with E-state index in [1.165, 1.54) is 26.2 Å². The van der Waals surface area contributed by atoms with E-state index in [9.17, 15) is 14.7 Å². The number of methoxy groups -OCH3 is 1. The number of benzene rings is 1. The molecule has 1 rings (SSSR count). The molecule has 0 saturated carbocycles. The van der Waals surface area contributed by atoms with E-state index in [4.69, 9.17) is 39.5 Å². The van der Waals surface area contributed by atoms with Gasteiger partial charge in [-0.25, -0.2) is 9.59 Å². The predicted octanol–water partition coefficient (Wildman–Crippen LogP) is 3.09. The first kappa shape index (κ1) is 18.7. The van der Waals surface area contributed by atoms with Crippen LogP contribution in [0.15, 0.2) is 24.3 Å². The fraction of sp³-hybridized carbons (Fsp3) is 0.385. The van der Waals surface area contributed by atoms with Gasteiger partial charge in [0.1, 0.15) is 12.4 Å². The van der Waals surface area contributed by atoms with Crippen LogP contribution in [0.5, 0.6) is 5.75 Å². The minimum atomic E-state index is -1.78. The number of carbonyl (C=O) groups excluding carboxylic acids is 1. The van der Waals surface area contributed by atoms with Crippen molar-refractivity contribution in [1.29, 1.82) is 0 Å². The number of alkyl halides is 3. The van der Waals surface area contributed by atoms with Gasteiger partial charge in [0, 0.05) is 0 Å². The van der Waals surface area contributed by atoms with Crippen LogP contribution in [0.25, 0.3) is 0 Å². The lowest BCUT2D eigenvalue weighted by molar-refractivity contribution is -0.144. The molecule has 0 aromatic heterocycles. The Morgan fingerprint density at radius 2 is 1.77 bits per heavy atom. The average Bonchev–Trinajstić information content (AvgIpc) is 2.44. The number of nitrogens with one attached hydrogen (secondary N) is 1. The van der Waals surface area contributed by atoms with E-state index in [0.717, 1.165) is 0 Å². The molecule has 0 spiro atoms. The molecule has 0 saturated heterocycles. The molecule has 1 aromatic carbocycles. The highest BCUT2D eigenvalue weighted by Crippen LogP contribution is 2.27. The van der Waals surface area contributed by atoms with Crippen molar-refractivity contribution < 1.29 is 24.2 Å². The number of halogens is 3. The number of rotatable bonds is 5. The second kappa shape index (κ2) is 7.26. The van der Waals surface area contributed by atoms with Crippen LogP contribution in [-0.2, 0) is 15.1 Å². The molecule has 0 aliphatic rings. The molecule has 9 heteroatoms. The maximum Gasteiger partial charge on any atom is 0.408 e. The number of carboxylic acid groups (broad SMARTS) is 1. The fourth-order valence-corrected chi connectivity index (χ4v) is 1.72. The maximum absolute atomic E-state index is 11.7. The Morgan fingerprint density at radius 1 is 1.23 bits per heavy atom. The summed E-state index contributed by atoms with van der Waals surface area (Å²) in [5.41, 5.74) is -1.39. The maximum atomic E-state index is 11.7. The molecule has 6 nitrogen and oxygen atoms in total. The number of aliphatic carboxylic acids is 1. The largest absolute Gasteiger partial charge is 0.497 e. The molecule has 22 heavy (non-hydrogen) atoms. The third-order valence-corrected chi connectivity index (χ3v) is 3.14. The highest BCUT2D eigenvalue weighted by molar-refractivity contribution is 6.67. The molecular formula is C13H14Cl3NO5. The van der Waals surface area contributed by atoms with Crippen LogP contribution < -0.4 is 10.1 Å². The molecule has 0 aliphatic heterocycles. The lowest BCUT2D eigenvalue weighted by atomic mass is 9.92. The molecule has 0 radical (unpaired) electrons. The molecule has 0 bridgehead atoms. The van der Waals surface area contributed by atoms with Gasteiger partial charge in [0.2, 0.25) is 3.79 Å². The van der Waals surface area contributed by atoms with Crippen molar-refractivity contribution in [3.63, 3.8) is 0 Å². The summed E-state index contributed by atoms with van der Waals surface area (Å²) >= 11 is 16.4. The lowest BCUT2D eigenvalue weighted by Gasteiger charge is -2.26. The first-order valence-corrected chi connectivity index (χ1v) is 7.11. The van der Waals surface area contributed by atoms with Crippen molar-refractivity contribution in [3.8, 4) is 5.75 Å². The first-order chi connectivity index (χ1) is 10.1. The standard InChI is InChI=1S/C13H14Cl3NO5/c1-12(10(18)19,8-3-5-9(21-2)6-4-8)17-11(20)22-7-13(14,15)16/h3-6H,7H2,1-2H3,(H,17,20)(H,18,19)/t12-/m0/s1. The highest BCUT2D eigenvalue weighted by Gasteiger charge is 2.38. The number of hydrogen-bond acceptors (Lipinski definition) is 4. The second-order valence-corrected chi connectivity index (χ2v) is 6.99. The van der Waals surface area contributed by atoms with Crippen LogP contribution in [0, 0.1) is 0 Å². The zero-order valence-corrected chi connectivity index (χ0v) is 14.0. The van der Waals surface area contributed by atoms with Gasteiger partial charge in [0.15, 0.2) is 5.54 Å². The Kier molecular flexibility index (Phi) is 6.17. The third-order valence-electron chi connectivity index (χ3n) is 2.81. The van der Waals surface area contributed by atoms with Crippen LogP contribution in [-0.4, -0.2) is 34.7 Å². The van der Waals surface area contributed by atoms with Gasteiger partial charge in [0.05, 0.1) is 7.11 Å². The van der Waals surface area contributed by atoms with E-state index in [1.54, 1.807) is 12.1 Å². The van der Waals surface area contributed by atoms with E-state index in [-0.39, 0.29) is 0 Å². The van der Waals surface area contributed by atoms with Crippen LogP contribution in [0.2, 0.25) is 0 Å². The summed E-state index contributed by atoms with van der Waals surface area (Å²) in [6.07, 6.45) is -1.02. The Balaban J connectivity index is 2.91. The zero-order valence-electron chi connectivity index (χ0n) is 11.7. The molecule has 0 fully saturated rings. The van der Waals surface area contributed by atoms with E-state index in [0.29, 0.717) is 11.3 Å². The third kappa shape index (κ3) is 5.12. The number of hydrogen-bond donors (Lipinski definition) is 2. The van der Waals surface area contributed by atoms with E-state index in [2.05, 4.69) is 10.1 Å².